The zero-order chi connectivity index (χ0) is 12.7. The van der Waals surface area contributed by atoms with E-state index in [0.29, 0.717) is 13.2 Å². The molecular formula is C11H13NO5. The molecule has 0 aliphatic carbocycles. The molecule has 1 aliphatic heterocycles. The van der Waals surface area contributed by atoms with Crippen LogP contribution in [0.1, 0.15) is 10.4 Å². The average molecular weight is 239 g/mol. The van der Waals surface area contributed by atoms with Crippen molar-refractivity contribution in [2.45, 2.75) is 0 Å². The lowest BCUT2D eigenvalue weighted by Gasteiger charge is -2.10. The first-order valence-electron chi connectivity index (χ1n) is 4.97. The smallest absolute Gasteiger partial charge is 0.339 e. The number of carboxylic acids is 1. The van der Waals surface area contributed by atoms with Crippen LogP contribution < -0.4 is 5.32 Å². The van der Waals surface area contributed by atoms with Crippen LogP contribution in [-0.2, 0) is 9.53 Å². The first-order chi connectivity index (χ1) is 8.11. The molecule has 0 bridgehead atoms. The first kappa shape index (κ1) is 13.0. The molecule has 17 heavy (non-hydrogen) atoms. The first-order valence-corrected chi connectivity index (χ1v) is 4.97. The second kappa shape index (κ2) is 6.49. The Morgan fingerprint density at radius 2 is 2.06 bits per heavy atom. The second-order valence-electron chi connectivity index (χ2n) is 3.22. The van der Waals surface area contributed by atoms with E-state index in [1.54, 1.807) is 12.1 Å². The molecule has 1 aliphatic rings. The van der Waals surface area contributed by atoms with Gasteiger partial charge < -0.3 is 20.3 Å². The topological polar surface area (TPSA) is 95.9 Å². The van der Waals surface area contributed by atoms with Gasteiger partial charge >= 0.3 is 5.97 Å². The highest BCUT2D eigenvalue weighted by molar-refractivity contribution is 5.90. The second-order valence-corrected chi connectivity index (χ2v) is 3.22. The molecule has 0 unspecified atom stereocenters. The minimum Gasteiger partial charge on any atom is -0.507 e. The van der Waals surface area contributed by atoms with Crippen LogP contribution in [0.2, 0.25) is 0 Å². The summed E-state index contributed by atoms with van der Waals surface area (Å²) in [6.45, 7) is 1.56. The van der Waals surface area contributed by atoms with Crippen molar-refractivity contribution < 1.29 is 24.5 Å². The fraction of sp³-hybridized carbons (Fsp3) is 0.273. The van der Waals surface area contributed by atoms with Gasteiger partial charge in [-0.25, -0.2) is 4.79 Å². The van der Waals surface area contributed by atoms with Crippen LogP contribution in [0.25, 0.3) is 0 Å². The number of phenols is 1. The molecule has 92 valence electrons. The zero-order valence-electron chi connectivity index (χ0n) is 9.05. The van der Waals surface area contributed by atoms with Gasteiger partial charge in [-0.2, -0.15) is 0 Å². The van der Waals surface area contributed by atoms with Crippen LogP contribution in [0.4, 0.5) is 0 Å². The van der Waals surface area contributed by atoms with E-state index in [9.17, 15) is 9.59 Å². The fourth-order valence-corrected chi connectivity index (χ4v) is 1.13. The Hall–Kier alpha value is -2.08. The Morgan fingerprint density at radius 3 is 2.41 bits per heavy atom. The molecule has 1 saturated heterocycles. The van der Waals surface area contributed by atoms with Crippen LogP contribution in [0.5, 0.6) is 5.75 Å². The molecule has 0 radical (unpaired) electrons. The molecule has 2 rings (SSSR count). The normalized spacial score (nSPS) is 14.2. The van der Waals surface area contributed by atoms with Crippen molar-refractivity contribution in [2.75, 3.05) is 19.8 Å². The third-order valence-electron chi connectivity index (χ3n) is 1.94. The number of morpholine rings is 1. The highest BCUT2D eigenvalue weighted by Gasteiger charge is 2.05. The molecule has 0 spiro atoms. The lowest BCUT2D eigenvalue weighted by Crippen LogP contribution is -2.36. The van der Waals surface area contributed by atoms with E-state index >= 15 is 0 Å². The summed E-state index contributed by atoms with van der Waals surface area (Å²) < 4.78 is 4.77. The van der Waals surface area contributed by atoms with Gasteiger partial charge in [0.25, 0.3) is 0 Å². The summed E-state index contributed by atoms with van der Waals surface area (Å²) in [5, 5.41) is 19.9. The van der Waals surface area contributed by atoms with Crippen molar-refractivity contribution in [2.24, 2.45) is 0 Å². The van der Waals surface area contributed by atoms with E-state index in [0.717, 1.165) is 0 Å². The fourth-order valence-electron chi connectivity index (χ4n) is 1.13. The largest absolute Gasteiger partial charge is 0.507 e. The minimum atomic E-state index is -1.11. The highest BCUT2D eigenvalue weighted by Crippen LogP contribution is 2.14. The standard InChI is InChI=1S/C7H6O3.C4H7NO2/c8-6-4-2-1-3-5(6)7(9)10;6-4-3-7-2-1-5-4/h1-4,8H,(H,9,10);1-3H2,(H,5,6). The van der Waals surface area contributed by atoms with Gasteiger partial charge in [-0.1, -0.05) is 12.1 Å². The summed E-state index contributed by atoms with van der Waals surface area (Å²) in [7, 11) is 0. The van der Waals surface area contributed by atoms with Crippen LogP contribution in [-0.4, -0.2) is 41.8 Å². The molecule has 1 amide bonds. The van der Waals surface area contributed by atoms with Crippen LogP contribution in [0, 0.1) is 0 Å². The van der Waals surface area contributed by atoms with Crippen molar-refractivity contribution in [1.29, 1.82) is 0 Å². The number of ether oxygens (including phenoxy) is 1. The maximum atomic E-state index is 10.3. The van der Waals surface area contributed by atoms with Crippen molar-refractivity contribution in [3.8, 4) is 5.75 Å². The van der Waals surface area contributed by atoms with Crippen LogP contribution in [0.3, 0.4) is 0 Å². The van der Waals surface area contributed by atoms with Gasteiger partial charge in [0, 0.05) is 6.54 Å². The van der Waals surface area contributed by atoms with E-state index in [-0.39, 0.29) is 23.8 Å². The molecule has 1 aromatic carbocycles. The van der Waals surface area contributed by atoms with E-state index in [1.165, 1.54) is 12.1 Å². The number of carboxylic acid groups (broad SMARTS) is 1. The number of carbonyl (C=O) groups is 2. The van der Waals surface area contributed by atoms with Crippen molar-refractivity contribution in [3.63, 3.8) is 0 Å². The number of amides is 1. The molecule has 1 aromatic rings. The number of hydrogen-bond acceptors (Lipinski definition) is 4. The lowest BCUT2D eigenvalue weighted by molar-refractivity contribution is -0.128. The zero-order valence-corrected chi connectivity index (χ0v) is 9.05. The predicted octanol–water partition coefficient (Wildman–Crippen LogP) is 0.223. The van der Waals surface area contributed by atoms with E-state index in [1.807, 2.05) is 0 Å². The quantitative estimate of drug-likeness (QED) is 0.651. The molecular weight excluding hydrogens is 226 g/mol. The number of carbonyl (C=O) groups excluding carboxylic acids is 1. The Labute approximate surface area is 97.8 Å². The van der Waals surface area contributed by atoms with Gasteiger partial charge in [-0.15, -0.1) is 0 Å². The van der Waals surface area contributed by atoms with Crippen molar-refractivity contribution in [3.05, 3.63) is 29.8 Å². The third-order valence-corrected chi connectivity index (χ3v) is 1.94. The van der Waals surface area contributed by atoms with Crippen LogP contribution >= 0.6 is 0 Å². The number of rotatable bonds is 1. The van der Waals surface area contributed by atoms with Gasteiger partial charge in [0.1, 0.15) is 17.9 Å². The van der Waals surface area contributed by atoms with E-state index in [2.05, 4.69) is 5.32 Å². The Balaban J connectivity index is 0.000000181. The van der Waals surface area contributed by atoms with Gasteiger partial charge in [0.05, 0.1) is 6.61 Å². The maximum absolute atomic E-state index is 10.3. The Morgan fingerprint density at radius 1 is 1.35 bits per heavy atom. The molecule has 6 heteroatoms. The molecule has 0 atom stereocenters. The number of para-hydroxylation sites is 1. The monoisotopic (exact) mass is 239 g/mol. The van der Waals surface area contributed by atoms with E-state index in [4.69, 9.17) is 14.9 Å². The summed E-state index contributed by atoms with van der Waals surface area (Å²) in [5.41, 5.74) is -0.0671. The SMILES string of the molecule is O=C(O)c1ccccc1O.O=C1COCCN1. The Kier molecular flexibility index (Phi) is 4.96. The molecule has 0 saturated carbocycles. The van der Waals surface area contributed by atoms with Gasteiger partial charge in [-0.05, 0) is 12.1 Å². The van der Waals surface area contributed by atoms with Crippen LogP contribution in [0.15, 0.2) is 24.3 Å². The van der Waals surface area contributed by atoms with Crippen molar-refractivity contribution in [1.82, 2.24) is 5.32 Å². The number of hydrogen-bond donors (Lipinski definition) is 3. The Bertz CT molecular complexity index is 397. The summed E-state index contributed by atoms with van der Waals surface area (Å²) in [6.07, 6.45) is 0. The van der Waals surface area contributed by atoms with Gasteiger partial charge in [0.2, 0.25) is 5.91 Å². The number of aromatic hydroxyl groups is 1. The number of benzene rings is 1. The molecule has 3 N–H and O–H groups in total. The molecule has 1 fully saturated rings. The highest BCUT2D eigenvalue weighted by atomic mass is 16.5. The van der Waals surface area contributed by atoms with Crippen molar-refractivity contribution >= 4 is 11.9 Å². The summed E-state index contributed by atoms with van der Waals surface area (Å²) in [6, 6.07) is 5.81. The molecule has 6 nitrogen and oxygen atoms in total. The molecule has 1 heterocycles. The number of nitrogens with one attached hydrogen (secondary N) is 1. The average Bonchev–Trinajstić information content (AvgIpc) is 2.31. The molecule has 0 aromatic heterocycles. The maximum Gasteiger partial charge on any atom is 0.339 e. The summed E-state index contributed by atoms with van der Waals surface area (Å²) in [5.74, 6) is -1.32. The van der Waals surface area contributed by atoms with E-state index < -0.39 is 5.97 Å². The summed E-state index contributed by atoms with van der Waals surface area (Å²) in [4.78, 5) is 20.5. The predicted molar refractivity (Wildman–Crippen MR) is 58.9 cm³/mol. The number of aromatic carboxylic acids is 1. The van der Waals surface area contributed by atoms with Gasteiger partial charge in [-0.3, -0.25) is 4.79 Å². The minimum absolute atomic E-state index is 0.00810. The third kappa shape index (κ3) is 4.52. The lowest BCUT2D eigenvalue weighted by atomic mass is 10.2. The van der Waals surface area contributed by atoms with Gasteiger partial charge in [0.15, 0.2) is 0 Å². The summed E-state index contributed by atoms with van der Waals surface area (Å²) >= 11 is 0.